The predicted octanol–water partition coefficient (Wildman–Crippen LogP) is 0.316. The third-order valence-electron chi connectivity index (χ3n) is 2.44. The third kappa shape index (κ3) is 1.83. The normalized spacial score (nSPS) is 21.4. The molecule has 0 radical (unpaired) electrons. The molecule has 1 aromatic carbocycles. The van der Waals surface area contributed by atoms with Gasteiger partial charge >= 0.3 is 0 Å². The molecule has 4 nitrogen and oxygen atoms in total. The molecule has 0 spiro atoms. The van der Waals surface area contributed by atoms with Crippen LogP contribution in [0.15, 0.2) is 30.3 Å². The van der Waals surface area contributed by atoms with Gasteiger partial charge < -0.3 is 10.2 Å². The molecule has 0 bridgehead atoms. The second-order valence-electron chi connectivity index (χ2n) is 3.61. The predicted molar refractivity (Wildman–Crippen MR) is 55.0 cm³/mol. The quantitative estimate of drug-likeness (QED) is 0.716. The van der Waals surface area contributed by atoms with Gasteiger partial charge in [0.25, 0.3) is 0 Å². The van der Waals surface area contributed by atoms with Crippen LogP contribution in [-0.4, -0.2) is 30.3 Å². The van der Waals surface area contributed by atoms with Crippen LogP contribution in [-0.2, 0) is 9.59 Å². The lowest BCUT2D eigenvalue weighted by Gasteiger charge is -2.29. The number of benzene rings is 1. The topological polar surface area (TPSA) is 49.4 Å². The minimum absolute atomic E-state index is 0.0687. The number of nitrogens with one attached hydrogen (secondary N) is 1. The SMILES string of the molecule is CN1CC(=O)N[C@@H](c2ccccc2)C1=O. The van der Waals surface area contributed by atoms with Crippen LogP contribution in [0, 0.1) is 0 Å². The highest BCUT2D eigenvalue weighted by atomic mass is 16.2. The average Bonchev–Trinajstić information content (AvgIpc) is 2.24. The van der Waals surface area contributed by atoms with Crippen LogP contribution in [0.1, 0.15) is 11.6 Å². The minimum atomic E-state index is -0.530. The molecule has 1 aliphatic rings. The molecule has 2 rings (SSSR count). The van der Waals surface area contributed by atoms with Gasteiger partial charge in [0, 0.05) is 7.05 Å². The highest BCUT2D eigenvalue weighted by molar-refractivity contribution is 5.95. The first kappa shape index (κ1) is 9.71. The summed E-state index contributed by atoms with van der Waals surface area (Å²) < 4.78 is 0. The number of carbonyl (C=O) groups is 2. The van der Waals surface area contributed by atoms with E-state index in [9.17, 15) is 9.59 Å². The van der Waals surface area contributed by atoms with Crippen LogP contribution in [0.4, 0.5) is 0 Å². The van der Waals surface area contributed by atoms with Crippen LogP contribution >= 0.6 is 0 Å². The van der Waals surface area contributed by atoms with Crippen molar-refractivity contribution in [2.45, 2.75) is 6.04 Å². The Morgan fingerprint density at radius 1 is 1.27 bits per heavy atom. The molecule has 78 valence electrons. The molecule has 1 fully saturated rings. The van der Waals surface area contributed by atoms with Gasteiger partial charge in [0.1, 0.15) is 6.04 Å². The van der Waals surface area contributed by atoms with E-state index in [1.54, 1.807) is 7.05 Å². The van der Waals surface area contributed by atoms with Crippen molar-refractivity contribution in [2.24, 2.45) is 0 Å². The van der Waals surface area contributed by atoms with Crippen molar-refractivity contribution in [2.75, 3.05) is 13.6 Å². The van der Waals surface area contributed by atoms with E-state index in [4.69, 9.17) is 0 Å². The number of likely N-dealkylation sites (N-methyl/N-ethyl adjacent to an activating group) is 1. The monoisotopic (exact) mass is 204 g/mol. The Kier molecular flexibility index (Phi) is 2.41. The van der Waals surface area contributed by atoms with Crippen molar-refractivity contribution in [3.63, 3.8) is 0 Å². The number of rotatable bonds is 1. The molecule has 0 saturated carbocycles. The number of amides is 2. The van der Waals surface area contributed by atoms with Crippen molar-refractivity contribution in [3.8, 4) is 0 Å². The van der Waals surface area contributed by atoms with Gasteiger partial charge in [-0.1, -0.05) is 30.3 Å². The maximum atomic E-state index is 11.8. The Bertz CT molecular complexity index is 389. The summed E-state index contributed by atoms with van der Waals surface area (Å²) in [6, 6.07) is 8.72. The van der Waals surface area contributed by atoms with Crippen molar-refractivity contribution in [1.29, 1.82) is 0 Å². The van der Waals surface area contributed by atoms with Crippen molar-refractivity contribution in [3.05, 3.63) is 35.9 Å². The summed E-state index contributed by atoms with van der Waals surface area (Å²) in [5.74, 6) is -0.188. The molecule has 0 aromatic heterocycles. The zero-order valence-electron chi connectivity index (χ0n) is 8.43. The Hall–Kier alpha value is -1.84. The largest absolute Gasteiger partial charge is 0.339 e. The standard InChI is InChI=1S/C11H12N2O2/c1-13-7-9(14)12-10(11(13)15)8-5-3-2-4-6-8/h2-6,10H,7H2,1H3,(H,12,14)/t10-/m0/s1. The molecule has 0 aliphatic carbocycles. The van der Waals surface area contributed by atoms with E-state index in [1.807, 2.05) is 30.3 Å². The van der Waals surface area contributed by atoms with Crippen LogP contribution in [0.2, 0.25) is 0 Å². The molecule has 4 heteroatoms. The van der Waals surface area contributed by atoms with E-state index in [0.717, 1.165) is 5.56 Å². The zero-order chi connectivity index (χ0) is 10.8. The summed E-state index contributed by atoms with van der Waals surface area (Å²) in [7, 11) is 1.64. The highest BCUT2D eigenvalue weighted by Crippen LogP contribution is 2.17. The smallest absolute Gasteiger partial charge is 0.250 e. The van der Waals surface area contributed by atoms with E-state index in [1.165, 1.54) is 4.90 Å². The van der Waals surface area contributed by atoms with Crippen molar-refractivity contribution >= 4 is 11.8 Å². The summed E-state index contributed by atoms with van der Waals surface area (Å²) in [4.78, 5) is 24.5. The lowest BCUT2D eigenvalue weighted by atomic mass is 10.0. The van der Waals surface area contributed by atoms with Gasteiger partial charge in [-0.25, -0.2) is 0 Å². The van der Waals surface area contributed by atoms with E-state index >= 15 is 0 Å². The van der Waals surface area contributed by atoms with Gasteiger partial charge in [-0.05, 0) is 5.56 Å². The van der Waals surface area contributed by atoms with Crippen LogP contribution in [0.3, 0.4) is 0 Å². The Morgan fingerprint density at radius 2 is 1.93 bits per heavy atom. The van der Waals surface area contributed by atoms with Gasteiger partial charge in [0.05, 0.1) is 6.54 Å². The minimum Gasteiger partial charge on any atom is -0.339 e. The fraction of sp³-hybridized carbons (Fsp3) is 0.273. The first-order chi connectivity index (χ1) is 7.18. The van der Waals surface area contributed by atoms with Gasteiger partial charge in [-0.3, -0.25) is 9.59 Å². The first-order valence-electron chi connectivity index (χ1n) is 4.78. The maximum absolute atomic E-state index is 11.8. The summed E-state index contributed by atoms with van der Waals surface area (Å²) in [5, 5.41) is 2.68. The Balaban J connectivity index is 2.28. The maximum Gasteiger partial charge on any atom is 0.250 e. The number of piperazine rings is 1. The Labute approximate surface area is 87.9 Å². The summed E-state index contributed by atoms with van der Waals surface area (Å²) in [6.07, 6.45) is 0. The van der Waals surface area contributed by atoms with E-state index in [-0.39, 0.29) is 18.4 Å². The van der Waals surface area contributed by atoms with Gasteiger partial charge in [-0.15, -0.1) is 0 Å². The van der Waals surface area contributed by atoms with Crippen molar-refractivity contribution < 1.29 is 9.59 Å². The summed E-state index contributed by atoms with van der Waals surface area (Å²) in [5.41, 5.74) is 0.822. The summed E-state index contributed by atoms with van der Waals surface area (Å²) >= 11 is 0. The zero-order valence-corrected chi connectivity index (χ0v) is 8.43. The summed E-state index contributed by atoms with van der Waals surface area (Å²) in [6.45, 7) is 0.141. The number of hydrogen-bond donors (Lipinski definition) is 1. The van der Waals surface area contributed by atoms with E-state index in [2.05, 4.69) is 5.32 Å². The fourth-order valence-corrected chi connectivity index (χ4v) is 1.65. The van der Waals surface area contributed by atoms with Crippen molar-refractivity contribution in [1.82, 2.24) is 10.2 Å². The molecule has 1 N–H and O–H groups in total. The molecule has 1 saturated heterocycles. The van der Waals surface area contributed by atoms with E-state index < -0.39 is 6.04 Å². The van der Waals surface area contributed by atoms with Crippen LogP contribution in [0.5, 0.6) is 0 Å². The number of carbonyl (C=O) groups excluding carboxylic acids is 2. The molecular weight excluding hydrogens is 192 g/mol. The molecule has 1 aromatic rings. The van der Waals surface area contributed by atoms with Crippen LogP contribution < -0.4 is 5.32 Å². The second kappa shape index (κ2) is 3.73. The second-order valence-corrected chi connectivity index (χ2v) is 3.61. The molecular formula is C11H12N2O2. The molecule has 2 amide bonds. The number of hydrogen-bond acceptors (Lipinski definition) is 2. The first-order valence-corrected chi connectivity index (χ1v) is 4.78. The Morgan fingerprint density at radius 3 is 2.60 bits per heavy atom. The third-order valence-corrected chi connectivity index (χ3v) is 2.44. The highest BCUT2D eigenvalue weighted by Gasteiger charge is 2.31. The molecule has 0 unspecified atom stereocenters. The lowest BCUT2D eigenvalue weighted by molar-refractivity contribution is -0.143. The van der Waals surface area contributed by atoms with Gasteiger partial charge in [-0.2, -0.15) is 0 Å². The average molecular weight is 204 g/mol. The lowest BCUT2D eigenvalue weighted by Crippen LogP contribution is -2.51. The number of nitrogens with zero attached hydrogens (tertiary/aromatic N) is 1. The fourth-order valence-electron chi connectivity index (χ4n) is 1.65. The van der Waals surface area contributed by atoms with Gasteiger partial charge in [0.15, 0.2) is 0 Å². The van der Waals surface area contributed by atoms with Crippen LogP contribution in [0.25, 0.3) is 0 Å². The molecule has 1 atom stereocenters. The van der Waals surface area contributed by atoms with E-state index in [0.29, 0.717) is 0 Å². The van der Waals surface area contributed by atoms with Gasteiger partial charge in [0.2, 0.25) is 11.8 Å². The molecule has 1 aliphatic heterocycles. The molecule has 15 heavy (non-hydrogen) atoms. The molecule has 1 heterocycles.